The first-order chi connectivity index (χ1) is 18.5. The fourth-order valence-corrected chi connectivity index (χ4v) is 6.24. The van der Waals surface area contributed by atoms with Gasteiger partial charge in [0.1, 0.15) is 0 Å². The number of thiazole rings is 1. The van der Waals surface area contributed by atoms with Crippen molar-refractivity contribution < 1.29 is 9.53 Å². The van der Waals surface area contributed by atoms with Gasteiger partial charge in [0.25, 0.3) is 5.56 Å². The van der Waals surface area contributed by atoms with Crippen molar-refractivity contribution >= 4 is 56.5 Å². The third-order valence-electron chi connectivity index (χ3n) is 6.79. The number of carbonyl (C=O) groups is 1. The third kappa shape index (κ3) is 4.06. The highest BCUT2D eigenvalue weighted by Crippen LogP contribution is 2.32. The minimum atomic E-state index is -0.672. The number of hydrogen-bond donors (Lipinski definition) is 0. The average molecular weight is 539 g/mol. The normalized spacial score (nSPS) is 15.6. The predicted molar refractivity (Wildman–Crippen MR) is 153 cm³/mol. The number of halogens is 1. The molecule has 0 unspecified atom stereocenters. The Hall–Kier alpha value is -4.00. The van der Waals surface area contributed by atoms with E-state index in [0.717, 1.165) is 32.7 Å². The van der Waals surface area contributed by atoms with Crippen LogP contribution in [0.2, 0.25) is 5.02 Å². The largest absolute Gasteiger partial charge is 0.463 e. The van der Waals surface area contributed by atoms with Crippen LogP contribution in [0.25, 0.3) is 27.6 Å². The van der Waals surface area contributed by atoms with Crippen molar-refractivity contribution in [1.82, 2.24) is 4.57 Å². The van der Waals surface area contributed by atoms with Gasteiger partial charge >= 0.3 is 5.97 Å². The molecular weight excluding hydrogens is 516 g/mol. The molecule has 0 saturated carbocycles. The van der Waals surface area contributed by atoms with Crippen LogP contribution in [0.3, 0.4) is 0 Å². The number of allylic oxidation sites excluding steroid dienone is 1. The summed E-state index contributed by atoms with van der Waals surface area (Å²) in [5.74, 6) is -0.483. The highest BCUT2D eigenvalue weighted by atomic mass is 35.5. The van der Waals surface area contributed by atoms with Gasteiger partial charge in [-0.1, -0.05) is 83.6 Å². The van der Waals surface area contributed by atoms with Gasteiger partial charge < -0.3 is 4.74 Å². The number of hydrogen-bond acceptors (Lipinski definition) is 5. The summed E-state index contributed by atoms with van der Waals surface area (Å²) >= 11 is 7.48. The van der Waals surface area contributed by atoms with Crippen LogP contribution in [0.15, 0.2) is 99.9 Å². The molecule has 6 rings (SSSR count). The molecule has 7 heteroatoms. The van der Waals surface area contributed by atoms with E-state index < -0.39 is 12.0 Å². The number of esters is 1. The maximum Gasteiger partial charge on any atom is 0.338 e. The monoisotopic (exact) mass is 538 g/mol. The Morgan fingerprint density at radius 2 is 1.66 bits per heavy atom. The molecule has 0 radical (unpaired) electrons. The number of ether oxygens (including phenoxy) is 1. The molecule has 1 aliphatic heterocycles. The second-order valence-corrected chi connectivity index (χ2v) is 10.5. The fourth-order valence-electron chi connectivity index (χ4n) is 5.09. The molecule has 1 aromatic heterocycles. The smallest absolute Gasteiger partial charge is 0.338 e. The number of carbonyl (C=O) groups excluding carboxylic acids is 1. The molecule has 5 aromatic rings. The molecule has 0 amide bonds. The summed E-state index contributed by atoms with van der Waals surface area (Å²) in [5, 5.41) is 4.90. The van der Waals surface area contributed by atoms with Crippen LogP contribution in [0.1, 0.15) is 31.0 Å². The third-order valence-corrected chi connectivity index (χ3v) is 8.03. The Kier molecular flexibility index (Phi) is 6.22. The second kappa shape index (κ2) is 9.71. The van der Waals surface area contributed by atoms with Crippen molar-refractivity contribution in [3.8, 4) is 0 Å². The first kappa shape index (κ1) is 24.3. The summed E-state index contributed by atoms with van der Waals surface area (Å²) in [5.41, 5.74) is 2.42. The predicted octanol–water partition coefficient (Wildman–Crippen LogP) is 5.76. The van der Waals surface area contributed by atoms with Crippen LogP contribution in [0.5, 0.6) is 0 Å². The molecular formula is C31H23ClN2O3S. The number of rotatable bonds is 4. The Balaban J connectivity index is 1.64. The van der Waals surface area contributed by atoms with Crippen molar-refractivity contribution in [3.05, 3.63) is 126 Å². The van der Waals surface area contributed by atoms with Gasteiger partial charge in [0.05, 0.1) is 28.5 Å². The summed E-state index contributed by atoms with van der Waals surface area (Å²) < 4.78 is 7.53. The molecule has 0 saturated heterocycles. The van der Waals surface area contributed by atoms with E-state index in [-0.39, 0.29) is 12.2 Å². The zero-order valence-corrected chi connectivity index (χ0v) is 22.3. The standard InChI is InChI=1S/C31H23ClN2O3S/c1-3-37-30(36)27-18(2)33-31-34(28(27)19-12-14-22(32)15-13-19)29(35)26(38-31)17-25-23-10-6-4-8-20(23)16-21-9-5-7-11-24(21)25/h4-17,28H,3H2,1-2H3/b26-17-/t28-/m1/s1. The van der Waals surface area contributed by atoms with Gasteiger partial charge in [0, 0.05) is 5.02 Å². The first-order valence-electron chi connectivity index (χ1n) is 12.3. The van der Waals surface area contributed by atoms with Crippen molar-refractivity contribution in [3.63, 3.8) is 0 Å². The number of fused-ring (bicyclic) bond motifs is 3. The molecule has 0 aliphatic carbocycles. The summed E-state index contributed by atoms with van der Waals surface area (Å²) in [7, 11) is 0. The first-order valence-corrected chi connectivity index (χ1v) is 13.5. The molecule has 0 spiro atoms. The Morgan fingerprint density at radius 3 is 2.29 bits per heavy atom. The summed E-state index contributed by atoms with van der Waals surface area (Å²) in [6, 6.07) is 25.0. The van der Waals surface area contributed by atoms with Crippen LogP contribution in [0.4, 0.5) is 0 Å². The number of benzene rings is 4. The lowest BCUT2D eigenvalue weighted by Crippen LogP contribution is -2.39. The maximum atomic E-state index is 14.1. The number of nitrogens with zero attached hydrogens (tertiary/aromatic N) is 2. The highest BCUT2D eigenvalue weighted by Gasteiger charge is 2.33. The van der Waals surface area contributed by atoms with Gasteiger partial charge in [-0.05, 0) is 70.8 Å². The molecule has 188 valence electrons. The molecule has 1 aliphatic rings. The van der Waals surface area contributed by atoms with E-state index in [1.165, 1.54) is 11.3 Å². The summed E-state index contributed by atoms with van der Waals surface area (Å²) in [6.07, 6.45) is 1.96. The van der Waals surface area contributed by atoms with Gasteiger partial charge in [-0.25, -0.2) is 9.79 Å². The summed E-state index contributed by atoms with van der Waals surface area (Å²) in [6.45, 7) is 3.76. The van der Waals surface area contributed by atoms with Crippen molar-refractivity contribution in [2.75, 3.05) is 6.61 Å². The van der Waals surface area contributed by atoms with E-state index >= 15 is 0 Å². The zero-order valence-electron chi connectivity index (χ0n) is 20.8. The molecule has 0 bridgehead atoms. The lowest BCUT2D eigenvalue weighted by molar-refractivity contribution is -0.139. The average Bonchev–Trinajstić information content (AvgIpc) is 3.22. The minimum Gasteiger partial charge on any atom is -0.463 e. The van der Waals surface area contributed by atoms with Crippen LogP contribution in [-0.2, 0) is 9.53 Å². The minimum absolute atomic E-state index is 0.208. The fraction of sp³-hybridized carbons (Fsp3) is 0.129. The molecule has 2 heterocycles. The van der Waals surface area contributed by atoms with E-state index in [9.17, 15) is 9.59 Å². The Morgan fingerprint density at radius 1 is 1.03 bits per heavy atom. The molecule has 1 atom stereocenters. The van der Waals surface area contributed by atoms with E-state index in [1.807, 2.05) is 42.5 Å². The molecule has 38 heavy (non-hydrogen) atoms. The Labute approximate surface area is 227 Å². The van der Waals surface area contributed by atoms with Crippen LogP contribution < -0.4 is 14.9 Å². The van der Waals surface area contributed by atoms with Crippen LogP contribution in [-0.4, -0.2) is 17.1 Å². The van der Waals surface area contributed by atoms with Crippen molar-refractivity contribution in [2.45, 2.75) is 19.9 Å². The Bertz CT molecular complexity index is 1900. The zero-order chi connectivity index (χ0) is 26.4. The highest BCUT2D eigenvalue weighted by molar-refractivity contribution is 7.07. The number of aromatic nitrogens is 1. The van der Waals surface area contributed by atoms with E-state index in [2.05, 4.69) is 35.3 Å². The van der Waals surface area contributed by atoms with E-state index in [4.69, 9.17) is 16.3 Å². The lowest BCUT2D eigenvalue weighted by atomic mass is 9.96. The molecule has 4 aromatic carbocycles. The topological polar surface area (TPSA) is 60.7 Å². The van der Waals surface area contributed by atoms with E-state index in [1.54, 1.807) is 30.5 Å². The van der Waals surface area contributed by atoms with Gasteiger partial charge in [0.15, 0.2) is 4.80 Å². The van der Waals surface area contributed by atoms with E-state index in [0.29, 0.717) is 25.6 Å². The van der Waals surface area contributed by atoms with Crippen molar-refractivity contribution in [2.24, 2.45) is 4.99 Å². The van der Waals surface area contributed by atoms with Gasteiger partial charge in [0.2, 0.25) is 0 Å². The van der Waals surface area contributed by atoms with Crippen LogP contribution >= 0.6 is 22.9 Å². The summed E-state index contributed by atoms with van der Waals surface area (Å²) in [4.78, 5) is 32.4. The van der Waals surface area contributed by atoms with Gasteiger partial charge in [-0.3, -0.25) is 9.36 Å². The van der Waals surface area contributed by atoms with Gasteiger partial charge in [-0.2, -0.15) is 0 Å². The molecule has 0 N–H and O–H groups in total. The maximum absolute atomic E-state index is 14.1. The molecule has 0 fully saturated rings. The van der Waals surface area contributed by atoms with Gasteiger partial charge in [-0.15, -0.1) is 0 Å². The second-order valence-electron chi connectivity index (χ2n) is 9.09. The SMILES string of the molecule is CCOC(=O)C1=C(C)N=c2s/c(=C\c3c4ccccc4cc4ccccc34)c(=O)n2[C@@H]1c1ccc(Cl)cc1. The lowest BCUT2D eigenvalue weighted by Gasteiger charge is -2.24. The quantitative estimate of drug-likeness (QED) is 0.216. The van der Waals surface area contributed by atoms with Crippen LogP contribution in [0, 0.1) is 0 Å². The molecule has 5 nitrogen and oxygen atoms in total. The van der Waals surface area contributed by atoms with Crippen molar-refractivity contribution in [1.29, 1.82) is 0 Å².